The van der Waals surface area contributed by atoms with Crippen LogP contribution in [-0.2, 0) is 14.4 Å². The number of halogens is 1. The van der Waals surface area contributed by atoms with Gasteiger partial charge in [-0.25, -0.2) is 0 Å². The first-order valence-corrected chi connectivity index (χ1v) is 17.0. The summed E-state index contributed by atoms with van der Waals surface area (Å²) in [6.07, 6.45) is 0.791. The molecule has 3 heterocycles. The van der Waals surface area contributed by atoms with Crippen molar-refractivity contribution in [3.8, 4) is 5.75 Å². The Balaban J connectivity index is 1.12. The number of thioether (sulfide) groups is 1. The third-order valence-electron chi connectivity index (χ3n) is 9.76. The van der Waals surface area contributed by atoms with Gasteiger partial charge in [0.25, 0.3) is 5.91 Å². The number of carbonyl (C=O) groups is 3. The number of aryl methyl sites for hydroxylation is 1. The van der Waals surface area contributed by atoms with E-state index >= 15 is 0 Å². The summed E-state index contributed by atoms with van der Waals surface area (Å²) in [5.74, 6) is -0.986. The Morgan fingerprint density at radius 2 is 1.69 bits per heavy atom. The standard InChI is InChI=1S/C34H28ClN3O5S2/c1-16-6-12-19(13-7-16)38-32(40)27-21-14-22(28(27)33(38)41)29-26(21)25(30-31(44-29)37-34(42)45-30)20-4-2-3-5-23(20)43-15-24(39)36-18-10-8-17(35)9-11-18/h2-13,21-22,25-29H,14-15H2,1H3,(H,36,39)(H,37,42)/t21-,22-,25-,26?,27?,28?,29?/m1/s1. The normalized spacial score (nSPS) is 27.7. The molecule has 0 radical (unpaired) electrons. The van der Waals surface area contributed by atoms with Crippen molar-refractivity contribution >= 4 is 63.8 Å². The molecule has 1 saturated heterocycles. The van der Waals surface area contributed by atoms with Crippen LogP contribution in [0.3, 0.4) is 0 Å². The average Bonchev–Trinajstić information content (AvgIpc) is 3.77. The number of benzene rings is 3. The van der Waals surface area contributed by atoms with E-state index in [1.807, 2.05) is 55.5 Å². The van der Waals surface area contributed by atoms with E-state index in [0.717, 1.165) is 27.5 Å². The molecule has 3 fully saturated rings. The summed E-state index contributed by atoms with van der Waals surface area (Å²) < 4.78 is 6.15. The largest absolute Gasteiger partial charge is 0.483 e. The summed E-state index contributed by atoms with van der Waals surface area (Å²) >= 11 is 8.80. The minimum absolute atomic E-state index is 0.0131. The van der Waals surface area contributed by atoms with Gasteiger partial charge in [-0.05, 0) is 73.6 Å². The van der Waals surface area contributed by atoms with Crippen molar-refractivity contribution in [2.45, 2.75) is 29.5 Å². The highest BCUT2D eigenvalue weighted by atomic mass is 35.5. The van der Waals surface area contributed by atoms with Crippen molar-refractivity contribution in [1.82, 2.24) is 4.98 Å². The lowest BCUT2D eigenvalue weighted by Crippen LogP contribution is -2.42. The number of aromatic nitrogens is 1. The third-order valence-corrected chi connectivity index (χ3v) is 12.6. The minimum atomic E-state index is -0.399. The number of thiazole rings is 1. The van der Waals surface area contributed by atoms with Crippen molar-refractivity contribution in [2.75, 3.05) is 16.8 Å². The summed E-state index contributed by atoms with van der Waals surface area (Å²) in [4.78, 5) is 58.6. The molecule has 2 bridgehead atoms. The number of H-pyrrole nitrogens is 1. The summed E-state index contributed by atoms with van der Waals surface area (Å²) in [5, 5.41) is 4.28. The Morgan fingerprint density at radius 3 is 2.44 bits per heavy atom. The number of para-hydroxylation sites is 1. The first kappa shape index (κ1) is 28.6. The van der Waals surface area contributed by atoms with E-state index in [1.54, 1.807) is 36.0 Å². The van der Waals surface area contributed by atoms with Crippen LogP contribution in [0.4, 0.5) is 11.4 Å². The van der Waals surface area contributed by atoms with Gasteiger partial charge in [-0.1, -0.05) is 58.8 Å². The molecular weight excluding hydrogens is 630 g/mol. The van der Waals surface area contributed by atoms with Crippen LogP contribution in [0.5, 0.6) is 5.75 Å². The van der Waals surface area contributed by atoms with E-state index in [2.05, 4.69) is 10.3 Å². The van der Waals surface area contributed by atoms with Crippen LogP contribution in [0.2, 0.25) is 5.02 Å². The van der Waals surface area contributed by atoms with Crippen LogP contribution < -0.4 is 19.8 Å². The molecule has 4 aliphatic rings. The van der Waals surface area contributed by atoms with Crippen LogP contribution in [-0.4, -0.2) is 34.6 Å². The smallest absolute Gasteiger partial charge is 0.305 e. The number of nitrogens with zero attached hydrogens (tertiary/aromatic N) is 1. The van der Waals surface area contributed by atoms with Gasteiger partial charge >= 0.3 is 4.87 Å². The highest BCUT2D eigenvalue weighted by molar-refractivity contribution is 8.00. The lowest BCUT2D eigenvalue weighted by Gasteiger charge is -2.43. The summed E-state index contributed by atoms with van der Waals surface area (Å²) in [6, 6.07) is 22.0. The number of anilines is 2. The van der Waals surface area contributed by atoms with Crippen LogP contribution in [0, 0.1) is 36.5 Å². The highest BCUT2D eigenvalue weighted by Gasteiger charge is 2.69. The predicted molar refractivity (Wildman–Crippen MR) is 174 cm³/mol. The van der Waals surface area contributed by atoms with Gasteiger partial charge in [0.2, 0.25) is 11.8 Å². The van der Waals surface area contributed by atoms with E-state index in [4.69, 9.17) is 16.3 Å². The molecule has 2 N–H and O–H groups in total. The van der Waals surface area contributed by atoms with Crippen molar-refractivity contribution in [3.63, 3.8) is 0 Å². The first-order valence-electron chi connectivity index (χ1n) is 14.9. The number of rotatable bonds is 6. The number of carbonyl (C=O) groups excluding carboxylic acids is 3. The number of nitrogens with one attached hydrogen (secondary N) is 2. The van der Waals surface area contributed by atoms with Crippen LogP contribution in [0.15, 0.2) is 82.6 Å². The van der Waals surface area contributed by atoms with E-state index < -0.39 is 5.92 Å². The number of amides is 3. The molecule has 4 unspecified atom stereocenters. The van der Waals surface area contributed by atoms with Gasteiger partial charge in [-0.2, -0.15) is 0 Å². The lowest BCUT2D eigenvalue weighted by atomic mass is 9.68. The van der Waals surface area contributed by atoms with Crippen LogP contribution >= 0.6 is 34.7 Å². The molecule has 0 spiro atoms. The Bertz CT molecular complexity index is 1910. The van der Waals surface area contributed by atoms with E-state index in [9.17, 15) is 19.2 Å². The van der Waals surface area contributed by atoms with Gasteiger partial charge in [0, 0.05) is 32.3 Å². The summed E-state index contributed by atoms with van der Waals surface area (Å²) in [5.41, 5.74) is 3.17. The molecule has 4 aromatic rings. The van der Waals surface area contributed by atoms with E-state index in [1.165, 1.54) is 16.2 Å². The second-order valence-electron chi connectivity index (χ2n) is 12.2. The quantitative estimate of drug-likeness (QED) is 0.243. The third kappa shape index (κ3) is 4.64. The number of fused-ring (bicyclic) bond motifs is 9. The molecule has 3 amide bonds. The molecule has 11 heteroatoms. The van der Waals surface area contributed by atoms with E-state index in [0.29, 0.717) is 22.1 Å². The molecule has 228 valence electrons. The second-order valence-corrected chi connectivity index (χ2v) is 14.8. The molecular formula is C34H28ClN3O5S2. The maximum Gasteiger partial charge on any atom is 0.305 e. The summed E-state index contributed by atoms with van der Waals surface area (Å²) in [6.45, 7) is 1.77. The Morgan fingerprint density at radius 1 is 0.978 bits per heavy atom. The van der Waals surface area contributed by atoms with Crippen molar-refractivity contribution in [2.24, 2.45) is 29.6 Å². The monoisotopic (exact) mass is 657 g/mol. The SMILES string of the molecule is Cc1ccc(N2C(=O)C3C(C2=O)[C@@H]2C[C@H]3C3Sc4[nH]c(=O)sc4[C@H](c4ccccc4OCC(=O)Nc4ccc(Cl)cc4)C32)cc1. The van der Waals surface area contributed by atoms with Crippen molar-refractivity contribution in [1.29, 1.82) is 0 Å². The van der Waals surface area contributed by atoms with Gasteiger partial charge in [0.1, 0.15) is 5.75 Å². The molecule has 45 heavy (non-hydrogen) atoms. The molecule has 2 aliphatic carbocycles. The molecule has 8 nitrogen and oxygen atoms in total. The van der Waals surface area contributed by atoms with Crippen molar-refractivity contribution in [3.05, 3.63) is 103 Å². The molecule has 7 atom stereocenters. The van der Waals surface area contributed by atoms with Crippen molar-refractivity contribution < 1.29 is 19.1 Å². The fraction of sp³-hybridized carbons (Fsp3) is 0.294. The number of hydrogen-bond donors (Lipinski definition) is 2. The van der Waals surface area contributed by atoms with Gasteiger partial charge in [-0.3, -0.25) is 24.1 Å². The maximum atomic E-state index is 14.0. The Labute approximate surface area is 272 Å². The minimum Gasteiger partial charge on any atom is -0.483 e. The van der Waals surface area contributed by atoms with E-state index in [-0.39, 0.29) is 64.0 Å². The zero-order valence-electron chi connectivity index (χ0n) is 24.1. The van der Waals surface area contributed by atoms with Gasteiger partial charge in [0.05, 0.1) is 22.5 Å². The highest BCUT2D eigenvalue weighted by Crippen LogP contribution is 2.69. The first-order chi connectivity index (χ1) is 21.8. The van der Waals surface area contributed by atoms with Gasteiger partial charge < -0.3 is 15.0 Å². The Hall–Kier alpha value is -3.86. The number of imide groups is 1. The van der Waals surface area contributed by atoms with Gasteiger partial charge in [-0.15, -0.1) is 11.8 Å². The van der Waals surface area contributed by atoms with Crippen LogP contribution in [0.25, 0.3) is 0 Å². The zero-order valence-corrected chi connectivity index (χ0v) is 26.5. The zero-order chi connectivity index (χ0) is 31.0. The second kappa shape index (κ2) is 10.9. The molecule has 2 saturated carbocycles. The number of ether oxygens (including phenoxy) is 1. The predicted octanol–water partition coefficient (Wildman–Crippen LogP) is 6.09. The number of aromatic amines is 1. The average molecular weight is 658 g/mol. The molecule has 1 aromatic heterocycles. The molecule has 8 rings (SSSR count). The molecule has 3 aromatic carbocycles. The number of hydrogen-bond acceptors (Lipinski definition) is 7. The topological polar surface area (TPSA) is 109 Å². The fourth-order valence-corrected chi connectivity index (χ4v) is 11.1. The fourth-order valence-electron chi connectivity index (χ4n) is 8.06. The Kier molecular flexibility index (Phi) is 6.92. The lowest BCUT2D eigenvalue weighted by molar-refractivity contribution is -0.123. The summed E-state index contributed by atoms with van der Waals surface area (Å²) in [7, 11) is 0. The van der Waals surface area contributed by atoms with Crippen LogP contribution in [0.1, 0.15) is 28.3 Å². The molecule has 2 aliphatic heterocycles. The maximum absolute atomic E-state index is 14.0. The van der Waals surface area contributed by atoms with Gasteiger partial charge in [0.15, 0.2) is 6.61 Å².